The molecular weight excluding hydrogens is 240 g/mol. The van der Waals surface area contributed by atoms with Crippen LogP contribution in [0.4, 0.5) is 0 Å². The van der Waals surface area contributed by atoms with E-state index in [1.807, 2.05) is 4.57 Å². The van der Waals surface area contributed by atoms with E-state index in [0.717, 1.165) is 31.9 Å². The molecule has 0 aliphatic carbocycles. The topological polar surface area (TPSA) is 72.3 Å². The summed E-state index contributed by atoms with van der Waals surface area (Å²) in [4.78, 5) is 6.67. The number of nitrogens with zero attached hydrogens (tertiary/aromatic N) is 5. The fraction of sp³-hybridized carbons (Fsp3) is 0.769. The summed E-state index contributed by atoms with van der Waals surface area (Å²) < 4.78 is 2.04. The summed E-state index contributed by atoms with van der Waals surface area (Å²) in [6, 6.07) is 0. The zero-order valence-corrected chi connectivity index (χ0v) is 11.9. The third-order valence-electron chi connectivity index (χ3n) is 3.61. The summed E-state index contributed by atoms with van der Waals surface area (Å²) in [6.07, 6.45) is 5.16. The van der Waals surface area contributed by atoms with Gasteiger partial charge in [-0.05, 0) is 18.8 Å². The monoisotopic (exact) mass is 264 g/mol. The summed E-state index contributed by atoms with van der Waals surface area (Å²) in [6.45, 7) is 7.88. The number of aliphatic imine (C=N–C) groups is 1. The molecule has 0 spiro atoms. The molecule has 0 amide bonds. The van der Waals surface area contributed by atoms with Crippen LogP contribution in [0.15, 0.2) is 11.3 Å². The van der Waals surface area contributed by atoms with Gasteiger partial charge in [0.1, 0.15) is 12.2 Å². The first-order valence-corrected chi connectivity index (χ1v) is 7.12. The molecule has 1 fully saturated rings. The summed E-state index contributed by atoms with van der Waals surface area (Å²) in [5, 5.41) is 7.97. The zero-order chi connectivity index (χ0) is 13.7. The number of hydrogen-bond donors (Lipinski definition) is 1. The van der Waals surface area contributed by atoms with Gasteiger partial charge in [0.25, 0.3) is 0 Å². The number of aromatic nitrogens is 3. The smallest absolute Gasteiger partial charge is 0.191 e. The highest BCUT2D eigenvalue weighted by atomic mass is 15.3. The number of likely N-dealkylation sites (tertiary alicyclic amines) is 1. The molecule has 6 heteroatoms. The van der Waals surface area contributed by atoms with Gasteiger partial charge in [0.15, 0.2) is 5.96 Å². The molecule has 1 aromatic rings. The van der Waals surface area contributed by atoms with Crippen LogP contribution < -0.4 is 5.73 Å². The zero-order valence-electron chi connectivity index (χ0n) is 11.9. The third-order valence-corrected chi connectivity index (χ3v) is 3.61. The highest BCUT2D eigenvalue weighted by Gasteiger charge is 2.17. The van der Waals surface area contributed by atoms with Gasteiger partial charge in [0, 0.05) is 26.1 Å². The number of nitrogens with two attached hydrogens (primary N) is 1. The van der Waals surface area contributed by atoms with Crippen molar-refractivity contribution in [2.45, 2.75) is 39.7 Å². The Labute approximate surface area is 114 Å². The average molecular weight is 264 g/mol. The first kappa shape index (κ1) is 13.8. The molecule has 0 radical (unpaired) electrons. The quantitative estimate of drug-likeness (QED) is 0.647. The van der Waals surface area contributed by atoms with E-state index in [1.54, 1.807) is 6.33 Å². The average Bonchev–Trinajstić information content (AvgIpc) is 2.86. The standard InChI is InChI=1S/C13H24N6/c1-3-12-17-16-10-19(12)8-6-15-13(14)18-7-4-5-11(2)9-18/h10-11H,3-9H2,1-2H3,(H2,14,15). The Balaban J connectivity index is 1.84. The fourth-order valence-electron chi connectivity index (χ4n) is 2.51. The van der Waals surface area contributed by atoms with Gasteiger partial charge in [0.2, 0.25) is 0 Å². The van der Waals surface area contributed by atoms with Gasteiger partial charge < -0.3 is 15.2 Å². The molecule has 0 saturated carbocycles. The maximum atomic E-state index is 6.06. The molecule has 2 heterocycles. The van der Waals surface area contributed by atoms with Crippen LogP contribution in [-0.2, 0) is 13.0 Å². The van der Waals surface area contributed by atoms with Gasteiger partial charge in [-0.2, -0.15) is 0 Å². The van der Waals surface area contributed by atoms with Crippen molar-refractivity contribution in [3.63, 3.8) is 0 Å². The van der Waals surface area contributed by atoms with Crippen molar-refractivity contribution >= 4 is 5.96 Å². The Hall–Kier alpha value is -1.59. The van der Waals surface area contributed by atoms with Crippen molar-refractivity contribution in [2.24, 2.45) is 16.6 Å². The first-order chi connectivity index (χ1) is 9.20. The number of aryl methyl sites for hydroxylation is 1. The van der Waals surface area contributed by atoms with Crippen LogP contribution in [0.2, 0.25) is 0 Å². The molecule has 6 nitrogen and oxygen atoms in total. The lowest BCUT2D eigenvalue weighted by atomic mass is 10.0. The fourth-order valence-corrected chi connectivity index (χ4v) is 2.51. The van der Waals surface area contributed by atoms with Crippen LogP contribution in [0.3, 0.4) is 0 Å². The van der Waals surface area contributed by atoms with Crippen molar-refractivity contribution in [2.75, 3.05) is 19.6 Å². The Bertz CT molecular complexity index is 425. The molecule has 0 aromatic carbocycles. The summed E-state index contributed by atoms with van der Waals surface area (Å²) in [7, 11) is 0. The van der Waals surface area contributed by atoms with Crippen molar-refractivity contribution in [1.82, 2.24) is 19.7 Å². The van der Waals surface area contributed by atoms with E-state index in [4.69, 9.17) is 5.73 Å². The maximum absolute atomic E-state index is 6.06. The minimum absolute atomic E-state index is 0.678. The van der Waals surface area contributed by atoms with Crippen LogP contribution in [0.5, 0.6) is 0 Å². The molecule has 1 unspecified atom stereocenters. The van der Waals surface area contributed by atoms with Gasteiger partial charge >= 0.3 is 0 Å². The highest BCUT2D eigenvalue weighted by molar-refractivity contribution is 5.78. The predicted octanol–water partition coefficient (Wildman–Crippen LogP) is 0.887. The lowest BCUT2D eigenvalue weighted by Gasteiger charge is -2.31. The van der Waals surface area contributed by atoms with Crippen molar-refractivity contribution < 1.29 is 0 Å². The third kappa shape index (κ3) is 3.68. The number of rotatable bonds is 4. The van der Waals surface area contributed by atoms with Crippen molar-refractivity contribution in [3.05, 3.63) is 12.2 Å². The van der Waals surface area contributed by atoms with Gasteiger partial charge in [0.05, 0.1) is 6.54 Å². The van der Waals surface area contributed by atoms with Crippen molar-refractivity contribution in [3.8, 4) is 0 Å². The largest absolute Gasteiger partial charge is 0.370 e. The van der Waals surface area contributed by atoms with E-state index in [1.165, 1.54) is 12.8 Å². The van der Waals surface area contributed by atoms with E-state index in [-0.39, 0.29) is 0 Å². The summed E-state index contributed by atoms with van der Waals surface area (Å²) >= 11 is 0. The second kappa shape index (κ2) is 6.54. The van der Waals surface area contributed by atoms with Crippen LogP contribution >= 0.6 is 0 Å². The van der Waals surface area contributed by atoms with Gasteiger partial charge in [-0.25, -0.2) is 0 Å². The van der Waals surface area contributed by atoms with E-state index in [9.17, 15) is 0 Å². The van der Waals surface area contributed by atoms with E-state index in [0.29, 0.717) is 18.4 Å². The van der Waals surface area contributed by atoms with Crippen LogP contribution in [0.1, 0.15) is 32.5 Å². The molecular formula is C13H24N6. The molecule has 1 aliphatic rings. The van der Waals surface area contributed by atoms with E-state index >= 15 is 0 Å². The number of piperidine rings is 1. The van der Waals surface area contributed by atoms with Gasteiger partial charge in [-0.15, -0.1) is 10.2 Å². The molecule has 106 valence electrons. The molecule has 1 atom stereocenters. The Kier molecular flexibility index (Phi) is 4.76. The van der Waals surface area contributed by atoms with Gasteiger partial charge in [-0.3, -0.25) is 4.99 Å². The first-order valence-electron chi connectivity index (χ1n) is 7.12. The molecule has 2 rings (SSSR count). The molecule has 0 bridgehead atoms. The number of guanidine groups is 1. The Morgan fingerprint density at radius 3 is 3.16 bits per heavy atom. The van der Waals surface area contributed by atoms with E-state index in [2.05, 4.69) is 33.9 Å². The summed E-state index contributed by atoms with van der Waals surface area (Å²) in [5.74, 6) is 2.39. The Morgan fingerprint density at radius 2 is 2.42 bits per heavy atom. The molecule has 2 N–H and O–H groups in total. The van der Waals surface area contributed by atoms with Crippen LogP contribution in [0, 0.1) is 5.92 Å². The van der Waals surface area contributed by atoms with E-state index < -0.39 is 0 Å². The minimum Gasteiger partial charge on any atom is -0.370 e. The summed E-state index contributed by atoms with van der Waals surface area (Å²) in [5.41, 5.74) is 6.06. The lowest BCUT2D eigenvalue weighted by molar-refractivity contribution is 0.270. The molecule has 19 heavy (non-hydrogen) atoms. The van der Waals surface area contributed by atoms with Crippen LogP contribution in [-0.4, -0.2) is 45.3 Å². The van der Waals surface area contributed by atoms with Crippen LogP contribution in [0.25, 0.3) is 0 Å². The van der Waals surface area contributed by atoms with Crippen molar-refractivity contribution in [1.29, 1.82) is 0 Å². The predicted molar refractivity (Wildman–Crippen MR) is 75.9 cm³/mol. The lowest BCUT2D eigenvalue weighted by Crippen LogP contribution is -2.43. The number of hydrogen-bond acceptors (Lipinski definition) is 3. The second-order valence-electron chi connectivity index (χ2n) is 5.23. The maximum Gasteiger partial charge on any atom is 0.191 e. The highest BCUT2D eigenvalue weighted by Crippen LogP contribution is 2.14. The molecule has 1 saturated heterocycles. The minimum atomic E-state index is 0.678. The Morgan fingerprint density at radius 1 is 1.58 bits per heavy atom. The second-order valence-corrected chi connectivity index (χ2v) is 5.23. The molecule has 1 aliphatic heterocycles. The van der Waals surface area contributed by atoms with Gasteiger partial charge in [-0.1, -0.05) is 13.8 Å². The molecule has 1 aromatic heterocycles. The normalized spacial score (nSPS) is 20.8. The SMILES string of the molecule is CCc1nncn1CCN=C(N)N1CCCC(C)C1.